The fourth-order valence-corrected chi connectivity index (χ4v) is 5.46. The monoisotopic (exact) mass is 595 g/mol. The van der Waals surface area contributed by atoms with E-state index in [1.807, 2.05) is 50.2 Å². The van der Waals surface area contributed by atoms with Crippen LogP contribution in [0.15, 0.2) is 72.8 Å². The minimum atomic E-state index is -3.91. The van der Waals surface area contributed by atoms with Gasteiger partial charge in [-0.25, -0.2) is 8.42 Å². The van der Waals surface area contributed by atoms with Crippen molar-refractivity contribution in [3.05, 3.63) is 83.9 Å². The molecule has 1 N–H and O–H groups in total. The highest BCUT2D eigenvalue weighted by molar-refractivity contribution is 7.92. The normalized spacial score (nSPS) is 13.6. The molecule has 1 heterocycles. The number of fused-ring (bicyclic) bond motifs is 1. The number of ether oxygens (including phenoxy) is 3. The summed E-state index contributed by atoms with van der Waals surface area (Å²) in [4.78, 5) is 29.4. The van der Waals surface area contributed by atoms with Crippen molar-refractivity contribution < 1.29 is 32.2 Å². The first-order valence-corrected chi connectivity index (χ1v) is 15.6. The number of methoxy groups -OCH3 is 1. The van der Waals surface area contributed by atoms with Gasteiger partial charge in [-0.1, -0.05) is 49.4 Å². The highest BCUT2D eigenvalue weighted by Gasteiger charge is 2.34. The molecule has 0 fully saturated rings. The van der Waals surface area contributed by atoms with Crippen molar-refractivity contribution >= 4 is 27.5 Å². The Bertz CT molecular complexity index is 1500. The van der Waals surface area contributed by atoms with Crippen molar-refractivity contribution in [1.82, 2.24) is 10.2 Å². The number of sulfonamides is 1. The summed E-state index contributed by atoms with van der Waals surface area (Å²) in [5.41, 5.74) is 1.84. The van der Waals surface area contributed by atoms with Crippen LogP contribution in [0, 0.1) is 0 Å². The molecule has 3 aromatic rings. The number of amides is 2. The molecule has 1 aliphatic rings. The number of benzene rings is 3. The third kappa shape index (κ3) is 7.73. The SMILES string of the molecule is CC[C@H](C)NC(=O)[C@H](Cc1ccccc1)N(Cc1cccc(OC)c1)C(=O)CN(c1ccc2c(c1)OCO2)S(C)(=O)=O. The van der Waals surface area contributed by atoms with Crippen molar-refractivity contribution in [3.63, 3.8) is 0 Å². The maximum atomic E-state index is 14.2. The van der Waals surface area contributed by atoms with Gasteiger partial charge in [0, 0.05) is 25.1 Å². The number of carbonyl (C=O) groups excluding carboxylic acids is 2. The quantitative estimate of drug-likeness (QED) is 0.320. The minimum Gasteiger partial charge on any atom is -0.497 e. The summed E-state index contributed by atoms with van der Waals surface area (Å²) in [7, 11) is -2.36. The molecule has 0 saturated heterocycles. The van der Waals surface area contributed by atoms with Gasteiger partial charge in [0.05, 0.1) is 19.1 Å². The Balaban J connectivity index is 1.74. The van der Waals surface area contributed by atoms with Crippen LogP contribution in [0.1, 0.15) is 31.4 Å². The number of hydrogen-bond acceptors (Lipinski definition) is 7. The standard InChI is InChI=1S/C31H37N3O7S/c1-5-22(2)32-31(36)27(17-23-10-7-6-8-11-23)33(19-24-12-9-13-26(16-24)39-3)30(35)20-34(42(4,37)38)25-14-15-28-29(18-25)41-21-40-28/h6-16,18,22,27H,5,17,19-21H2,1-4H3,(H,32,36)/t22-,27-/m0/s1. The largest absolute Gasteiger partial charge is 0.497 e. The summed E-state index contributed by atoms with van der Waals surface area (Å²) >= 11 is 0. The first-order chi connectivity index (χ1) is 20.1. The van der Waals surface area contributed by atoms with Gasteiger partial charge in [0.1, 0.15) is 18.3 Å². The van der Waals surface area contributed by atoms with E-state index in [-0.39, 0.29) is 37.4 Å². The van der Waals surface area contributed by atoms with Crippen molar-refractivity contribution in [3.8, 4) is 17.2 Å². The van der Waals surface area contributed by atoms with E-state index in [9.17, 15) is 18.0 Å². The molecule has 0 unspecified atom stereocenters. The molecule has 0 bridgehead atoms. The van der Waals surface area contributed by atoms with E-state index in [2.05, 4.69) is 5.32 Å². The minimum absolute atomic E-state index is 0.0252. The second-order valence-corrected chi connectivity index (χ2v) is 12.1. The number of nitrogens with one attached hydrogen (secondary N) is 1. The predicted octanol–water partition coefficient (Wildman–Crippen LogP) is 3.74. The molecule has 0 aromatic heterocycles. The van der Waals surface area contributed by atoms with E-state index in [1.165, 1.54) is 11.0 Å². The lowest BCUT2D eigenvalue weighted by molar-refractivity contribution is -0.140. The van der Waals surface area contributed by atoms with E-state index in [4.69, 9.17) is 14.2 Å². The first kappa shape index (κ1) is 30.7. The van der Waals surface area contributed by atoms with E-state index < -0.39 is 28.5 Å². The van der Waals surface area contributed by atoms with Crippen molar-refractivity contribution in [1.29, 1.82) is 0 Å². The Morgan fingerprint density at radius 2 is 1.69 bits per heavy atom. The zero-order valence-electron chi connectivity index (χ0n) is 24.3. The molecule has 2 amide bonds. The maximum Gasteiger partial charge on any atom is 0.244 e. The summed E-state index contributed by atoms with van der Waals surface area (Å²) in [6, 6.07) is 20.3. The average molecular weight is 596 g/mol. The molecular weight excluding hydrogens is 558 g/mol. The van der Waals surface area contributed by atoms with Gasteiger partial charge >= 0.3 is 0 Å². The van der Waals surface area contributed by atoms with Crippen LogP contribution in [0.2, 0.25) is 0 Å². The van der Waals surface area contributed by atoms with Crippen LogP contribution >= 0.6 is 0 Å². The molecule has 3 aromatic carbocycles. The summed E-state index contributed by atoms with van der Waals surface area (Å²) < 4.78 is 43.2. The Morgan fingerprint density at radius 3 is 2.38 bits per heavy atom. The summed E-state index contributed by atoms with van der Waals surface area (Å²) in [5.74, 6) is 0.612. The van der Waals surface area contributed by atoms with Crippen molar-refractivity contribution in [2.24, 2.45) is 0 Å². The summed E-state index contributed by atoms with van der Waals surface area (Å²) in [6.45, 7) is 3.42. The number of rotatable bonds is 13. The molecule has 42 heavy (non-hydrogen) atoms. The van der Waals surface area contributed by atoms with Crippen LogP contribution in [-0.2, 0) is 32.6 Å². The van der Waals surface area contributed by atoms with Crippen molar-refractivity contribution in [2.45, 2.75) is 45.3 Å². The molecule has 10 nitrogen and oxygen atoms in total. The number of anilines is 1. The van der Waals surface area contributed by atoms with Crippen LogP contribution < -0.4 is 23.8 Å². The fraction of sp³-hybridized carbons (Fsp3) is 0.355. The maximum absolute atomic E-state index is 14.2. The molecule has 0 aliphatic carbocycles. The molecule has 11 heteroatoms. The fourth-order valence-electron chi connectivity index (χ4n) is 4.62. The van der Waals surface area contributed by atoms with E-state index >= 15 is 0 Å². The van der Waals surface area contributed by atoms with Gasteiger partial charge in [0.15, 0.2) is 11.5 Å². The second-order valence-electron chi connectivity index (χ2n) is 10.2. The summed E-state index contributed by atoms with van der Waals surface area (Å²) in [5, 5.41) is 3.02. The average Bonchev–Trinajstić information content (AvgIpc) is 3.45. The number of carbonyl (C=O) groups is 2. The Hall–Kier alpha value is -4.25. The third-order valence-corrected chi connectivity index (χ3v) is 8.22. The topological polar surface area (TPSA) is 114 Å². The summed E-state index contributed by atoms with van der Waals surface area (Å²) in [6.07, 6.45) is 1.98. The van der Waals surface area contributed by atoms with Gasteiger partial charge < -0.3 is 24.4 Å². The lowest BCUT2D eigenvalue weighted by Gasteiger charge is -2.34. The second kappa shape index (κ2) is 13.6. The Kier molecular flexibility index (Phi) is 9.95. The van der Waals surface area contributed by atoms with E-state index in [1.54, 1.807) is 37.4 Å². The molecule has 0 spiro atoms. The third-order valence-electron chi connectivity index (χ3n) is 7.08. The van der Waals surface area contributed by atoms with Gasteiger partial charge in [0.25, 0.3) is 0 Å². The molecule has 0 radical (unpaired) electrons. The molecule has 0 saturated carbocycles. The number of nitrogens with zero attached hydrogens (tertiary/aromatic N) is 2. The molecule has 224 valence electrons. The molecule has 1 aliphatic heterocycles. The van der Waals surface area contributed by atoms with Crippen LogP contribution in [0.5, 0.6) is 17.2 Å². The van der Waals surface area contributed by atoms with Crippen molar-refractivity contribution in [2.75, 3.05) is 31.0 Å². The number of hydrogen-bond donors (Lipinski definition) is 1. The van der Waals surface area contributed by atoms with Gasteiger partial charge in [-0.15, -0.1) is 0 Å². The Labute approximate surface area is 247 Å². The predicted molar refractivity (Wildman–Crippen MR) is 160 cm³/mol. The highest BCUT2D eigenvalue weighted by atomic mass is 32.2. The van der Waals surface area contributed by atoms with Crippen LogP contribution in [0.25, 0.3) is 0 Å². The molecule has 4 rings (SSSR count). The molecule has 2 atom stereocenters. The van der Waals surface area contributed by atoms with Gasteiger partial charge in [-0.3, -0.25) is 13.9 Å². The first-order valence-electron chi connectivity index (χ1n) is 13.7. The zero-order chi connectivity index (χ0) is 30.3. The van der Waals surface area contributed by atoms with Gasteiger partial charge in [0.2, 0.25) is 28.6 Å². The Morgan fingerprint density at radius 1 is 0.976 bits per heavy atom. The van der Waals surface area contributed by atoms with E-state index in [0.29, 0.717) is 23.7 Å². The lowest BCUT2D eigenvalue weighted by atomic mass is 10.0. The van der Waals surface area contributed by atoms with E-state index in [0.717, 1.165) is 21.7 Å². The van der Waals surface area contributed by atoms with Crippen LogP contribution in [-0.4, -0.2) is 63.9 Å². The lowest BCUT2D eigenvalue weighted by Crippen LogP contribution is -2.54. The zero-order valence-corrected chi connectivity index (χ0v) is 25.1. The van der Waals surface area contributed by atoms with Crippen LogP contribution in [0.4, 0.5) is 5.69 Å². The molecular formula is C31H37N3O7S. The van der Waals surface area contributed by atoms with Gasteiger partial charge in [-0.05, 0) is 48.7 Å². The smallest absolute Gasteiger partial charge is 0.244 e. The highest BCUT2D eigenvalue weighted by Crippen LogP contribution is 2.36. The van der Waals surface area contributed by atoms with Crippen LogP contribution in [0.3, 0.4) is 0 Å². The van der Waals surface area contributed by atoms with Gasteiger partial charge in [-0.2, -0.15) is 0 Å².